The highest BCUT2D eigenvalue weighted by Crippen LogP contribution is 2.11. The Morgan fingerprint density at radius 2 is 1.82 bits per heavy atom. The summed E-state index contributed by atoms with van der Waals surface area (Å²) in [7, 11) is 0. The van der Waals surface area contributed by atoms with Crippen LogP contribution in [0.2, 0.25) is 0 Å². The topological polar surface area (TPSA) is 9.23 Å². The molecule has 1 aromatic carbocycles. The minimum atomic E-state index is 0.468. The van der Waals surface area contributed by atoms with Crippen molar-refractivity contribution < 1.29 is 4.74 Å². The molecular weight excluding hydrogens is 136 g/mol. The normalized spacial score (nSPS) is 10.1. The Kier molecular flexibility index (Phi) is 2.96. The quantitative estimate of drug-likeness (QED) is 0.642. The van der Waals surface area contributed by atoms with Crippen molar-refractivity contribution in [3.05, 3.63) is 36.9 Å². The number of ether oxygens (including phenoxy) is 1. The first kappa shape index (κ1) is 8.12. The fraction of sp³-hybridized carbons (Fsp3) is 0.300. The van der Waals surface area contributed by atoms with Crippen molar-refractivity contribution in [3.63, 3.8) is 0 Å². The van der Waals surface area contributed by atoms with E-state index in [9.17, 15) is 0 Å². The van der Waals surface area contributed by atoms with Crippen molar-refractivity contribution in [3.8, 4) is 5.75 Å². The number of para-hydroxylation sites is 1. The third-order valence-electron chi connectivity index (χ3n) is 1.22. The molecule has 1 nitrogen and oxygen atoms in total. The van der Waals surface area contributed by atoms with E-state index in [-0.39, 0.29) is 0 Å². The van der Waals surface area contributed by atoms with Crippen LogP contribution in [0, 0.1) is 12.5 Å². The van der Waals surface area contributed by atoms with E-state index in [1.54, 1.807) is 0 Å². The molecule has 0 amide bonds. The zero-order chi connectivity index (χ0) is 8.10. The summed E-state index contributed by atoms with van der Waals surface area (Å²) < 4.78 is 5.34. The summed E-state index contributed by atoms with van der Waals surface area (Å²) in [4.78, 5) is 0. The molecule has 0 heterocycles. The monoisotopic (exact) mass is 149 g/mol. The molecule has 0 unspecified atom stereocenters. The van der Waals surface area contributed by atoms with Crippen LogP contribution in [-0.2, 0) is 0 Å². The molecule has 1 heteroatoms. The molecule has 0 fully saturated rings. The van der Waals surface area contributed by atoms with Crippen LogP contribution in [0.3, 0.4) is 0 Å². The van der Waals surface area contributed by atoms with Gasteiger partial charge >= 0.3 is 0 Å². The fourth-order valence-corrected chi connectivity index (χ4v) is 0.714. The summed E-state index contributed by atoms with van der Waals surface area (Å²) in [6.45, 7) is 6.00. The van der Waals surface area contributed by atoms with Gasteiger partial charge in [-0.25, -0.2) is 0 Å². The van der Waals surface area contributed by atoms with Crippen molar-refractivity contribution in [2.45, 2.75) is 13.8 Å². The first-order chi connectivity index (χ1) is 5.29. The van der Waals surface area contributed by atoms with Gasteiger partial charge in [-0.3, -0.25) is 0 Å². The molecule has 59 valence electrons. The van der Waals surface area contributed by atoms with Gasteiger partial charge in [0.15, 0.2) is 0 Å². The minimum absolute atomic E-state index is 0.468. The van der Waals surface area contributed by atoms with E-state index < -0.39 is 0 Å². The van der Waals surface area contributed by atoms with E-state index >= 15 is 0 Å². The van der Waals surface area contributed by atoms with E-state index in [1.807, 2.05) is 36.9 Å². The van der Waals surface area contributed by atoms with Crippen molar-refractivity contribution in [1.82, 2.24) is 0 Å². The Morgan fingerprint density at radius 3 is 2.36 bits per heavy atom. The lowest BCUT2D eigenvalue weighted by Gasteiger charge is -2.06. The molecule has 0 aromatic heterocycles. The molecule has 0 saturated carbocycles. The predicted molar refractivity (Wildman–Crippen MR) is 46.2 cm³/mol. The Hall–Kier alpha value is -0.980. The highest BCUT2D eigenvalue weighted by Gasteiger charge is 1.95. The van der Waals surface area contributed by atoms with Crippen LogP contribution < -0.4 is 4.74 Å². The van der Waals surface area contributed by atoms with E-state index in [2.05, 4.69) is 13.8 Å². The molecule has 0 saturated heterocycles. The van der Waals surface area contributed by atoms with Gasteiger partial charge in [-0.15, -0.1) is 0 Å². The lowest BCUT2D eigenvalue weighted by molar-refractivity contribution is 0.355. The van der Waals surface area contributed by atoms with Crippen LogP contribution in [0.5, 0.6) is 5.75 Å². The van der Waals surface area contributed by atoms with Crippen molar-refractivity contribution in [1.29, 1.82) is 0 Å². The van der Waals surface area contributed by atoms with Gasteiger partial charge in [-0.1, -0.05) is 32.0 Å². The lowest BCUT2D eigenvalue weighted by atomic mass is 10.2. The second-order valence-electron chi connectivity index (χ2n) is 2.81. The second-order valence-corrected chi connectivity index (χ2v) is 2.81. The lowest BCUT2D eigenvalue weighted by Crippen LogP contribution is -1.96. The van der Waals surface area contributed by atoms with Crippen LogP contribution in [0.25, 0.3) is 0 Å². The summed E-state index contributed by atoms with van der Waals surface area (Å²) in [5.74, 6) is 1.37. The summed E-state index contributed by atoms with van der Waals surface area (Å²) in [6, 6.07) is 9.78. The van der Waals surface area contributed by atoms with Gasteiger partial charge < -0.3 is 4.74 Å². The van der Waals surface area contributed by atoms with Gasteiger partial charge in [0.05, 0.1) is 0 Å². The van der Waals surface area contributed by atoms with Gasteiger partial charge in [0.1, 0.15) is 12.4 Å². The number of hydrogen-bond acceptors (Lipinski definition) is 1. The largest absolute Gasteiger partial charge is 0.486 e. The predicted octanol–water partition coefficient (Wildman–Crippen LogP) is 2.88. The van der Waals surface area contributed by atoms with Crippen LogP contribution in [0.1, 0.15) is 13.8 Å². The molecule has 0 bridgehead atoms. The first-order valence-corrected chi connectivity index (χ1v) is 3.84. The van der Waals surface area contributed by atoms with Crippen LogP contribution in [-0.4, -0.2) is 0 Å². The van der Waals surface area contributed by atoms with Crippen molar-refractivity contribution in [2.24, 2.45) is 5.92 Å². The van der Waals surface area contributed by atoms with E-state index in [4.69, 9.17) is 4.74 Å². The Balaban J connectivity index is 2.39. The average Bonchev–Trinajstić information content (AvgIpc) is 2.03. The Labute approximate surface area is 68.0 Å². The summed E-state index contributed by atoms with van der Waals surface area (Å²) in [5, 5.41) is 0. The Bertz CT molecular complexity index is 191. The van der Waals surface area contributed by atoms with Crippen molar-refractivity contribution in [2.75, 3.05) is 0 Å². The molecule has 0 aliphatic heterocycles. The first-order valence-electron chi connectivity index (χ1n) is 3.84. The molecule has 1 aromatic rings. The summed E-state index contributed by atoms with van der Waals surface area (Å²) in [6.07, 6.45) is 0. The average molecular weight is 149 g/mol. The van der Waals surface area contributed by atoms with Gasteiger partial charge in [0.25, 0.3) is 0 Å². The molecule has 0 aliphatic carbocycles. The molecule has 1 radical (unpaired) electrons. The number of rotatable bonds is 3. The van der Waals surface area contributed by atoms with Gasteiger partial charge in [0, 0.05) is 0 Å². The highest BCUT2D eigenvalue weighted by molar-refractivity contribution is 5.21. The highest BCUT2D eigenvalue weighted by atomic mass is 16.5. The van der Waals surface area contributed by atoms with Crippen LogP contribution in [0.4, 0.5) is 0 Å². The van der Waals surface area contributed by atoms with E-state index in [1.165, 1.54) is 0 Å². The van der Waals surface area contributed by atoms with Crippen LogP contribution >= 0.6 is 0 Å². The third kappa shape index (κ3) is 3.08. The number of benzene rings is 1. The third-order valence-corrected chi connectivity index (χ3v) is 1.22. The molecular formula is C10H13O. The Morgan fingerprint density at radius 1 is 1.18 bits per heavy atom. The van der Waals surface area contributed by atoms with Gasteiger partial charge in [-0.05, 0) is 18.1 Å². The standard InChI is InChI=1S/C10H13O/c1-9(2)8-11-10-6-4-3-5-7-10/h3-9H,1-2H3. The van der Waals surface area contributed by atoms with E-state index in [0.29, 0.717) is 5.92 Å². The van der Waals surface area contributed by atoms with Gasteiger partial charge in [0.2, 0.25) is 0 Å². The molecule has 0 aliphatic rings. The van der Waals surface area contributed by atoms with E-state index in [0.717, 1.165) is 5.75 Å². The zero-order valence-electron chi connectivity index (χ0n) is 6.95. The van der Waals surface area contributed by atoms with Crippen molar-refractivity contribution >= 4 is 0 Å². The maximum absolute atomic E-state index is 5.34. The molecule has 11 heavy (non-hydrogen) atoms. The molecule has 1 rings (SSSR count). The SMILES string of the molecule is CC(C)[CH]Oc1ccccc1. The number of hydrogen-bond donors (Lipinski definition) is 0. The van der Waals surface area contributed by atoms with Gasteiger partial charge in [-0.2, -0.15) is 0 Å². The smallest absolute Gasteiger partial charge is 0.138 e. The van der Waals surface area contributed by atoms with Crippen LogP contribution in [0.15, 0.2) is 30.3 Å². The molecule has 0 N–H and O–H groups in total. The molecule has 0 atom stereocenters. The zero-order valence-corrected chi connectivity index (χ0v) is 6.95. The fourth-order valence-electron chi connectivity index (χ4n) is 0.714. The summed E-state index contributed by atoms with van der Waals surface area (Å²) in [5.41, 5.74) is 0. The minimum Gasteiger partial charge on any atom is -0.486 e. The molecule has 0 spiro atoms. The maximum Gasteiger partial charge on any atom is 0.138 e. The second kappa shape index (κ2) is 4.02. The maximum atomic E-state index is 5.34. The summed E-state index contributed by atoms with van der Waals surface area (Å²) >= 11 is 0.